The van der Waals surface area contributed by atoms with Gasteiger partial charge in [-0.05, 0) is 25.7 Å². The second-order valence-electron chi connectivity index (χ2n) is 6.13. The molecule has 2 atom stereocenters. The summed E-state index contributed by atoms with van der Waals surface area (Å²) in [6.07, 6.45) is -0.0185. The lowest BCUT2D eigenvalue weighted by molar-refractivity contribution is -0.153. The highest BCUT2D eigenvalue weighted by atomic mass is 16.5. The third-order valence-electron chi connectivity index (χ3n) is 3.94. The number of carboxylic acids is 1. The van der Waals surface area contributed by atoms with Crippen LogP contribution in [-0.2, 0) is 14.3 Å². The van der Waals surface area contributed by atoms with Crippen molar-refractivity contribution in [1.82, 2.24) is 5.32 Å². The van der Waals surface area contributed by atoms with Crippen LogP contribution in [0.2, 0.25) is 0 Å². The van der Waals surface area contributed by atoms with Crippen LogP contribution in [0.1, 0.15) is 48.0 Å². The Kier molecular flexibility index (Phi) is 7.79. The maximum Gasteiger partial charge on any atom is 0.310 e. The summed E-state index contributed by atoms with van der Waals surface area (Å²) in [5.41, 5.74) is -1.04. The van der Waals surface area contributed by atoms with Gasteiger partial charge < -0.3 is 15.2 Å². The molecule has 0 aromatic heterocycles. The van der Waals surface area contributed by atoms with Crippen molar-refractivity contribution in [2.75, 3.05) is 13.2 Å². The van der Waals surface area contributed by atoms with Gasteiger partial charge in [0.05, 0.1) is 18.1 Å². The number of hydrogen-bond acceptors (Lipinski definition) is 3. The average molecular weight is 287 g/mol. The van der Waals surface area contributed by atoms with E-state index < -0.39 is 11.4 Å². The van der Waals surface area contributed by atoms with Crippen LogP contribution in [0.25, 0.3) is 0 Å². The fourth-order valence-electron chi connectivity index (χ4n) is 1.76. The number of rotatable bonds is 9. The number of carboxylic acid groups (broad SMARTS) is 1. The molecule has 2 unspecified atom stereocenters. The molecule has 0 heterocycles. The first-order chi connectivity index (χ1) is 9.15. The summed E-state index contributed by atoms with van der Waals surface area (Å²) in [6, 6.07) is -0.0901. The van der Waals surface area contributed by atoms with Gasteiger partial charge in [-0.15, -0.1) is 0 Å². The van der Waals surface area contributed by atoms with Gasteiger partial charge in [-0.1, -0.05) is 27.7 Å². The molecule has 118 valence electrons. The Hall–Kier alpha value is -1.10. The van der Waals surface area contributed by atoms with Gasteiger partial charge in [-0.25, -0.2) is 0 Å². The maximum absolute atomic E-state index is 12.1. The van der Waals surface area contributed by atoms with Crippen LogP contribution in [0.5, 0.6) is 0 Å². The summed E-state index contributed by atoms with van der Waals surface area (Å²) < 4.78 is 5.35. The number of amides is 1. The Balaban J connectivity index is 4.69. The second kappa shape index (κ2) is 8.25. The van der Waals surface area contributed by atoms with Crippen LogP contribution in [0, 0.1) is 17.3 Å². The number of nitrogens with one attached hydrogen (secondary N) is 1. The number of ether oxygens (including phenoxy) is 1. The zero-order valence-electron chi connectivity index (χ0n) is 13.5. The van der Waals surface area contributed by atoms with Crippen molar-refractivity contribution in [3.05, 3.63) is 0 Å². The topological polar surface area (TPSA) is 75.6 Å². The molecular formula is C15H29NO4. The first-order valence-corrected chi connectivity index (χ1v) is 7.25. The Morgan fingerprint density at radius 2 is 1.80 bits per heavy atom. The maximum atomic E-state index is 12.1. The second-order valence-corrected chi connectivity index (χ2v) is 6.13. The third kappa shape index (κ3) is 5.49. The van der Waals surface area contributed by atoms with Crippen LogP contribution in [0.15, 0.2) is 0 Å². The quantitative estimate of drug-likeness (QED) is 0.682. The molecule has 5 heteroatoms. The minimum atomic E-state index is -1.04. The molecule has 0 aliphatic rings. The highest BCUT2D eigenvalue weighted by Crippen LogP contribution is 2.31. The molecule has 0 aliphatic heterocycles. The highest BCUT2D eigenvalue weighted by Gasteiger charge is 2.39. The minimum absolute atomic E-state index is 0.0185. The summed E-state index contributed by atoms with van der Waals surface area (Å²) in [7, 11) is 0. The van der Waals surface area contributed by atoms with E-state index in [0.29, 0.717) is 13.2 Å². The average Bonchev–Trinajstić information content (AvgIpc) is 2.33. The van der Waals surface area contributed by atoms with Gasteiger partial charge in [0, 0.05) is 13.0 Å². The van der Waals surface area contributed by atoms with E-state index in [4.69, 9.17) is 4.74 Å². The highest BCUT2D eigenvalue weighted by molar-refractivity contribution is 5.85. The monoisotopic (exact) mass is 287 g/mol. The molecule has 0 rings (SSSR count). The fourth-order valence-corrected chi connectivity index (χ4v) is 1.76. The Morgan fingerprint density at radius 1 is 1.25 bits per heavy atom. The van der Waals surface area contributed by atoms with Crippen molar-refractivity contribution in [2.24, 2.45) is 17.3 Å². The van der Waals surface area contributed by atoms with Crippen LogP contribution >= 0.6 is 0 Å². The van der Waals surface area contributed by atoms with E-state index in [1.165, 1.54) is 0 Å². The Morgan fingerprint density at radius 3 is 2.15 bits per heavy atom. The zero-order chi connectivity index (χ0) is 15.9. The van der Waals surface area contributed by atoms with Gasteiger partial charge in [0.2, 0.25) is 5.91 Å². The summed E-state index contributed by atoms with van der Waals surface area (Å²) >= 11 is 0. The molecule has 20 heavy (non-hydrogen) atoms. The van der Waals surface area contributed by atoms with Crippen molar-refractivity contribution in [3.63, 3.8) is 0 Å². The predicted molar refractivity (Wildman–Crippen MR) is 78.5 cm³/mol. The van der Waals surface area contributed by atoms with Gasteiger partial charge in [-0.3, -0.25) is 9.59 Å². The van der Waals surface area contributed by atoms with Gasteiger partial charge >= 0.3 is 5.97 Å². The lowest BCUT2D eigenvalue weighted by Gasteiger charge is -2.30. The van der Waals surface area contributed by atoms with Gasteiger partial charge in [0.1, 0.15) is 0 Å². The SMILES string of the molecule is CCOCC(NC(=O)CC(C)(C(=O)O)C(C)C)C(C)C. The smallest absolute Gasteiger partial charge is 0.310 e. The first kappa shape index (κ1) is 18.9. The molecule has 0 saturated heterocycles. The van der Waals surface area contributed by atoms with Crippen LogP contribution < -0.4 is 5.32 Å². The number of carbonyl (C=O) groups is 2. The molecule has 0 aromatic rings. The third-order valence-corrected chi connectivity index (χ3v) is 3.94. The summed E-state index contributed by atoms with van der Waals surface area (Å²) in [4.78, 5) is 23.5. The normalized spacial score (nSPS) is 16.0. The van der Waals surface area contributed by atoms with Crippen molar-refractivity contribution in [3.8, 4) is 0 Å². The molecule has 0 fully saturated rings. The lowest BCUT2D eigenvalue weighted by atomic mass is 9.76. The molecule has 1 amide bonds. The van der Waals surface area contributed by atoms with E-state index in [1.54, 1.807) is 6.92 Å². The molecule has 0 saturated carbocycles. The first-order valence-electron chi connectivity index (χ1n) is 7.25. The molecule has 0 spiro atoms. The molecule has 0 aliphatic carbocycles. The van der Waals surface area contributed by atoms with Gasteiger partial charge in [0.25, 0.3) is 0 Å². The van der Waals surface area contributed by atoms with Crippen molar-refractivity contribution < 1.29 is 19.4 Å². The minimum Gasteiger partial charge on any atom is -0.481 e. The summed E-state index contributed by atoms with van der Waals surface area (Å²) in [6.45, 7) is 12.2. The largest absolute Gasteiger partial charge is 0.481 e. The Labute approximate surface area is 122 Å². The van der Waals surface area contributed by atoms with E-state index in [9.17, 15) is 14.7 Å². The van der Waals surface area contributed by atoms with E-state index in [2.05, 4.69) is 5.32 Å². The van der Waals surface area contributed by atoms with Gasteiger partial charge in [-0.2, -0.15) is 0 Å². The van der Waals surface area contributed by atoms with E-state index in [0.717, 1.165) is 0 Å². The van der Waals surface area contributed by atoms with Gasteiger partial charge in [0.15, 0.2) is 0 Å². The van der Waals surface area contributed by atoms with Crippen molar-refractivity contribution in [1.29, 1.82) is 0 Å². The van der Waals surface area contributed by atoms with E-state index in [1.807, 2.05) is 34.6 Å². The van der Waals surface area contributed by atoms with Crippen molar-refractivity contribution >= 4 is 11.9 Å². The molecule has 0 radical (unpaired) electrons. The summed E-state index contributed by atoms with van der Waals surface area (Å²) in [5.74, 6) is -1.05. The predicted octanol–water partition coefficient (Wildman–Crippen LogP) is 2.30. The summed E-state index contributed by atoms with van der Waals surface area (Å²) in [5, 5.41) is 12.2. The number of hydrogen-bond donors (Lipinski definition) is 2. The van der Waals surface area contributed by atoms with E-state index in [-0.39, 0.29) is 30.2 Å². The molecule has 2 N–H and O–H groups in total. The number of aliphatic carboxylic acids is 1. The van der Waals surface area contributed by atoms with Crippen LogP contribution in [0.3, 0.4) is 0 Å². The fraction of sp³-hybridized carbons (Fsp3) is 0.867. The van der Waals surface area contributed by atoms with Crippen LogP contribution in [-0.4, -0.2) is 36.2 Å². The molecule has 0 aromatic carbocycles. The number of carbonyl (C=O) groups excluding carboxylic acids is 1. The van der Waals surface area contributed by atoms with Crippen molar-refractivity contribution in [2.45, 2.75) is 54.0 Å². The lowest BCUT2D eigenvalue weighted by Crippen LogP contribution is -2.45. The zero-order valence-corrected chi connectivity index (χ0v) is 13.5. The Bertz CT molecular complexity index is 328. The van der Waals surface area contributed by atoms with E-state index >= 15 is 0 Å². The molecular weight excluding hydrogens is 258 g/mol. The standard InChI is InChI=1S/C15H29NO4/c1-7-20-9-12(10(2)3)16-13(17)8-15(6,11(4)5)14(18)19/h10-12H,7-9H2,1-6H3,(H,16,17)(H,18,19). The molecule has 0 bridgehead atoms. The molecule has 5 nitrogen and oxygen atoms in total. The van der Waals surface area contributed by atoms with Crippen LogP contribution in [0.4, 0.5) is 0 Å².